The second kappa shape index (κ2) is 9.45. The third kappa shape index (κ3) is 5.18. The molecule has 0 amide bonds. The first-order valence-electron chi connectivity index (χ1n) is 9.27. The molecule has 1 aromatic heterocycles. The number of halogens is 1. The number of aromatic nitrogens is 2. The second-order valence-electron chi connectivity index (χ2n) is 6.72. The predicted molar refractivity (Wildman–Crippen MR) is 113 cm³/mol. The van der Waals surface area contributed by atoms with Crippen molar-refractivity contribution in [2.24, 2.45) is 0 Å². The fraction of sp³-hybridized carbons (Fsp3) is 0.227. The van der Waals surface area contributed by atoms with Gasteiger partial charge in [-0.05, 0) is 57.2 Å². The number of ether oxygens (including phenoxy) is 2. The van der Waals surface area contributed by atoms with E-state index in [1.807, 2.05) is 32.9 Å². The number of carboxylic acids is 1. The van der Waals surface area contributed by atoms with Gasteiger partial charge in [-0.25, -0.2) is 4.79 Å². The molecule has 0 spiro atoms. The van der Waals surface area contributed by atoms with Crippen LogP contribution in [0, 0.1) is 6.92 Å². The van der Waals surface area contributed by atoms with E-state index in [0.717, 1.165) is 17.2 Å². The summed E-state index contributed by atoms with van der Waals surface area (Å²) >= 11 is 6.30. The fourth-order valence-corrected chi connectivity index (χ4v) is 2.95. The molecule has 0 aliphatic carbocycles. The van der Waals surface area contributed by atoms with Gasteiger partial charge in [0.15, 0.2) is 0 Å². The maximum absolute atomic E-state index is 10.5. The van der Waals surface area contributed by atoms with Crippen molar-refractivity contribution in [2.45, 2.75) is 26.9 Å². The highest BCUT2D eigenvalue weighted by atomic mass is 35.5. The van der Waals surface area contributed by atoms with Gasteiger partial charge in [0.05, 0.1) is 11.1 Å². The van der Waals surface area contributed by atoms with Crippen LogP contribution in [-0.2, 0) is 4.79 Å². The lowest BCUT2D eigenvalue weighted by Gasteiger charge is -2.11. The van der Waals surface area contributed by atoms with E-state index in [2.05, 4.69) is 10.1 Å². The Morgan fingerprint density at radius 2 is 2.07 bits per heavy atom. The van der Waals surface area contributed by atoms with Crippen molar-refractivity contribution in [1.29, 1.82) is 0 Å². The lowest BCUT2D eigenvalue weighted by Crippen LogP contribution is -2.05. The molecule has 8 heteroatoms. The molecule has 0 aliphatic rings. The Bertz CT molecular complexity index is 1080. The molecule has 0 fully saturated rings. The average Bonchev–Trinajstić information content (AvgIpc) is 3.17. The number of carboxylic acid groups (broad SMARTS) is 1. The predicted octanol–water partition coefficient (Wildman–Crippen LogP) is 5.17. The van der Waals surface area contributed by atoms with Gasteiger partial charge in [0, 0.05) is 22.8 Å². The van der Waals surface area contributed by atoms with Crippen LogP contribution in [0.25, 0.3) is 22.8 Å². The Morgan fingerprint density at radius 3 is 2.77 bits per heavy atom. The number of rotatable bonds is 8. The molecule has 0 unspecified atom stereocenters. The monoisotopic (exact) mass is 428 g/mol. The van der Waals surface area contributed by atoms with Crippen molar-refractivity contribution in [3.05, 3.63) is 59.1 Å². The molecule has 2 aromatic carbocycles. The Morgan fingerprint density at radius 1 is 1.27 bits per heavy atom. The minimum Gasteiger partial charge on any atom is -0.489 e. The van der Waals surface area contributed by atoms with Gasteiger partial charge in [0.2, 0.25) is 5.82 Å². The van der Waals surface area contributed by atoms with Crippen LogP contribution in [0.4, 0.5) is 0 Å². The van der Waals surface area contributed by atoms with Gasteiger partial charge >= 0.3 is 5.97 Å². The molecule has 0 saturated heterocycles. The summed E-state index contributed by atoms with van der Waals surface area (Å²) in [6, 6.07) is 10.8. The number of nitrogens with zero attached hydrogens (tertiary/aromatic N) is 2. The normalized spacial score (nSPS) is 11.2. The number of aliphatic carboxylic acids is 1. The second-order valence-corrected chi connectivity index (χ2v) is 7.12. The van der Waals surface area contributed by atoms with E-state index < -0.39 is 5.97 Å². The quantitative estimate of drug-likeness (QED) is 0.494. The first kappa shape index (κ1) is 21.4. The Hall–Kier alpha value is -3.32. The van der Waals surface area contributed by atoms with E-state index in [4.69, 9.17) is 30.7 Å². The smallest absolute Gasteiger partial charge is 0.328 e. The van der Waals surface area contributed by atoms with Crippen LogP contribution in [0.2, 0.25) is 5.02 Å². The number of hydrogen-bond donors (Lipinski definition) is 1. The summed E-state index contributed by atoms with van der Waals surface area (Å²) in [5, 5.41) is 13.2. The summed E-state index contributed by atoms with van der Waals surface area (Å²) in [6.45, 7) is 5.86. The van der Waals surface area contributed by atoms with Crippen LogP contribution < -0.4 is 9.47 Å². The zero-order valence-corrected chi connectivity index (χ0v) is 17.5. The molecule has 1 heterocycles. The maximum Gasteiger partial charge on any atom is 0.328 e. The summed E-state index contributed by atoms with van der Waals surface area (Å²) in [5.41, 5.74) is 2.23. The third-order valence-corrected chi connectivity index (χ3v) is 4.38. The number of hydrogen-bond acceptors (Lipinski definition) is 6. The van der Waals surface area contributed by atoms with Crippen LogP contribution in [0.15, 0.2) is 53.1 Å². The summed E-state index contributed by atoms with van der Waals surface area (Å²) in [5.74, 6) is 0.912. The number of benzene rings is 2. The standard InChI is InChI=1S/C22H21ClN2O5/c1-13(2)29-19-10-9-15(12-17(19)23)21-24-22(30-25-21)16-6-4-7-18(14(16)3)28-11-5-8-20(26)27/h4-10,12-13H,11H2,1-3H3,(H,26,27). The van der Waals surface area contributed by atoms with Gasteiger partial charge in [-0.15, -0.1) is 0 Å². The minimum atomic E-state index is -1.02. The van der Waals surface area contributed by atoms with Crippen molar-refractivity contribution < 1.29 is 23.9 Å². The van der Waals surface area contributed by atoms with Gasteiger partial charge < -0.3 is 19.1 Å². The van der Waals surface area contributed by atoms with Gasteiger partial charge in [-0.3, -0.25) is 0 Å². The molecular formula is C22H21ClN2O5. The molecule has 0 bridgehead atoms. The van der Waals surface area contributed by atoms with Crippen molar-refractivity contribution in [1.82, 2.24) is 10.1 Å². The molecule has 0 atom stereocenters. The van der Waals surface area contributed by atoms with Gasteiger partial charge in [-0.1, -0.05) is 22.8 Å². The zero-order valence-electron chi connectivity index (χ0n) is 16.8. The van der Waals surface area contributed by atoms with E-state index >= 15 is 0 Å². The summed E-state index contributed by atoms with van der Waals surface area (Å²) in [4.78, 5) is 15.0. The molecule has 1 N–H and O–H groups in total. The Kier molecular flexibility index (Phi) is 6.74. The summed E-state index contributed by atoms with van der Waals surface area (Å²) < 4.78 is 16.7. The molecule has 3 aromatic rings. The lowest BCUT2D eigenvalue weighted by molar-refractivity contribution is -0.131. The Balaban J connectivity index is 1.81. The highest BCUT2D eigenvalue weighted by molar-refractivity contribution is 6.32. The first-order valence-corrected chi connectivity index (χ1v) is 9.65. The molecule has 0 aliphatic heterocycles. The molecule has 156 valence electrons. The van der Waals surface area contributed by atoms with Crippen molar-refractivity contribution in [2.75, 3.05) is 6.61 Å². The molecule has 0 radical (unpaired) electrons. The average molecular weight is 429 g/mol. The van der Waals surface area contributed by atoms with Crippen LogP contribution in [0.1, 0.15) is 19.4 Å². The van der Waals surface area contributed by atoms with Crippen molar-refractivity contribution in [3.63, 3.8) is 0 Å². The largest absolute Gasteiger partial charge is 0.489 e. The number of carbonyl (C=O) groups is 1. The van der Waals surface area contributed by atoms with Crippen molar-refractivity contribution >= 4 is 17.6 Å². The molecule has 0 saturated carbocycles. The minimum absolute atomic E-state index is 0.0159. The van der Waals surface area contributed by atoms with E-state index in [-0.39, 0.29) is 12.7 Å². The van der Waals surface area contributed by atoms with Gasteiger partial charge in [0.1, 0.15) is 18.1 Å². The Labute approximate surface area is 178 Å². The topological polar surface area (TPSA) is 94.7 Å². The highest BCUT2D eigenvalue weighted by Gasteiger charge is 2.16. The van der Waals surface area contributed by atoms with E-state index in [0.29, 0.717) is 33.8 Å². The van der Waals surface area contributed by atoms with Crippen molar-refractivity contribution in [3.8, 4) is 34.3 Å². The molecule has 30 heavy (non-hydrogen) atoms. The van der Waals surface area contributed by atoms with Crippen LogP contribution in [0.3, 0.4) is 0 Å². The SMILES string of the molecule is Cc1c(OCC=CC(=O)O)cccc1-c1nc(-c2ccc(OC(C)C)c(Cl)c2)no1. The van der Waals surface area contributed by atoms with E-state index in [1.54, 1.807) is 24.3 Å². The third-order valence-electron chi connectivity index (χ3n) is 4.09. The van der Waals surface area contributed by atoms with Crippen LogP contribution >= 0.6 is 11.6 Å². The summed E-state index contributed by atoms with van der Waals surface area (Å²) in [7, 11) is 0. The maximum atomic E-state index is 10.5. The van der Waals surface area contributed by atoms with Crippen LogP contribution in [0.5, 0.6) is 11.5 Å². The zero-order chi connectivity index (χ0) is 21.7. The van der Waals surface area contributed by atoms with E-state index in [1.165, 1.54) is 6.08 Å². The fourth-order valence-electron chi connectivity index (χ4n) is 2.73. The van der Waals surface area contributed by atoms with Crippen LogP contribution in [-0.4, -0.2) is 33.9 Å². The molecule has 3 rings (SSSR count). The lowest BCUT2D eigenvalue weighted by atomic mass is 10.1. The van der Waals surface area contributed by atoms with E-state index in [9.17, 15) is 4.79 Å². The highest BCUT2D eigenvalue weighted by Crippen LogP contribution is 2.33. The summed E-state index contributed by atoms with van der Waals surface area (Å²) in [6.07, 6.45) is 2.48. The molecule has 7 nitrogen and oxygen atoms in total. The van der Waals surface area contributed by atoms with Gasteiger partial charge in [0.25, 0.3) is 5.89 Å². The first-order chi connectivity index (χ1) is 14.3. The van der Waals surface area contributed by atoms with Gasteiger partial charge in [-0.2, -0.15) is 4.98 Å². The molecular weight excluding hydrogens is 408 g/mol.